The molecule has 140 valence electrons. The normalized spacial score (nSPS) is 10.8. The number of amides is 1. The summed E-state index contributed by atoms with van der Waals surface area (Å²) in [5, 5.41) is 12.8. The van der Waals surface area contributed by atoms with Crippen LogP contribution >= 0.6 is 23.4 Å². The Morgan fingerprint density at radius 2 is 2.00 bits per heavy atom. The quantitative estimate of drug-likeness (QED) is 0.564. The maximum Gasteiger partial charge on any atom is 0.234 e. The van der Waals surface area contributed by atoms with Crippen molar-refractivity contribution in [2.45, 2.75) is 32.0 Å². The third-order valence-corrected chi connectivity index (χ3v) is 5.22. The fourth-order valence-electron chi connectivity index (χ4n) is 2.70. The minimum atomic E-state index is -0.128. The summed E-state index contributed by atoms with van der Waals surface area (Å²) < 4.78 is 2.07. The van der Waals surface area contributed by atoms with Gasteiger partial charge >= 0.3 is 0 Å². The highest BCUT2D eigenvalue weighted by atomic mass is 35.5. The number of nitrogens with zero attached hydrogens (tertiary/aromatic N) is 3. The Bertz CT molecular complexity index is 941. The number of carbonyl (C=O) groups is 1. The predicted octanol–water partition coefficient (Wildman–Crippen LogP) is 5.05. The van der Waals surface area contributed by atoms with Gasteiger partial charge in [0.25, 0.3) is 0 Å². The summed E-state index contributed by atoms with van der Waals surface area (Å²) in [5.74, 6) is 0.937. The Morgan fingerprint density at radius 3 is 2.74 bits per heavy atom. The number of thioether (sulfide) groups is 1. The van der Waals surface area contributed by atoms with E-state index in [2.05, 4.69) is 46.1 Å². The van der Waals surface area contributed by atoms with Gasteiger partial charge in [0.1, 0.15) is 0 Å². The van der Waals surface area contributed by atoms with Crippen molar-refractivity contribution in [2.75, 3.05) is 11.1 Å². The van der Waals surface area contributed by atoms with Crippen LogP contribution in [0.4, 0.5) is 5.69 Å². The Morgan fingerprint density at radius 1 is 1.19 bits per heavy atom. The van der Waals surface area contributed by atoms with Gasteiger partial charge in [-0.3, -0.25) is 4.79 Å². The van der Waals surface area contributed by atoms with Gasteiger partial charge in [-0.15, -0.1) is 10.2 Å². The van der Waals surface area contributed by atoms with Crippen LogP contribution in [0.5, 0.6) is 0 Å². The molecule has 1 heterocycles. The molecule has 0 aliphatic heterocycles. The standard InChI is InChI=1S/C20H21ClN4OS/c1-3-11-25-19(15-8-6-7-14(2)12-15)23-24-20(25)27-13-18(26)22-17-10-5-4-9-16(17)21/h4-10,12H,3,11,13H2,1-2H3,(H,22,26). The first-order chi connectivity index (χ1) is 13.1. The summed E-state index contributed by atoms with van der Waals surface area (Å²) >= 11 is 7.46. The van der Waals surface area contributed by atoms with Crippen LogP contribution in [0.1, 0.15) is 18.9 Å². The molecule has 0 radical (unpaired) electrons. The number of rotatable bonds is 7. The van der Waals surface area contributed by atoms with E-state index in [9.17, 15) is 4.79 Å². The number of nitrogens with one attached hydrogen (secondary N) is 1. The molecule has 2 aromatic carbocycles. The summed E-state index contributed by atoms with van der Waals surface area (Å²) in [6, 6.07) is 15.4. The van der Waals surface area contributed by atoms with Gasteiger partial charge in [-0.25, -0.2) is 0 Å². The summed E-state index contributed by atoms with van der Waals surface area (Å²) in [4.78, 5) is 12.3. The first-order valence-electron chi connectivity index (χ1n) is 8.76. The van der Waals surface area contributed by atoms with Gasteiger partial charge in [-0.2, -0.15) is 0 Å². The second-order valence-corrected chi connectivity index (χ2v) is 7.49. The van der Waals surface area contributed by atoms with E-state index in [4.69, 9.17) is 11.6 Å². The summed E-state index contributed by atoms with van der Waals surface area (Å²) in [6.07, 6.45) is 0.955. The number of halogens is 1. The molecular weight excluding hydrogens is 380 g/mol. The molecule has 0 aliphatic carbocycles. The minimum absolute atomic E-state index is 0.128. The van der Waals surface area contributed by atoms with Gasteiger partial charge in [0, 0.05) is 12.1 Å². The Hall–Kier alpha value is -2.31. The lowest BCUT2D eigenvalue weighted by Crippen LogP contribution is -2.15. The zero-order valence-electron chi connectivity index (χ0n) is 15.3. The van der Waals surface area contributed by atoms with Crippen LogP contribution < -0.4 is 5.32 Å². The molecule has 0 aliphatic rings. The average molecular weight is 401 g/mol. The number of para-hydroxylation sites is 1. The molecule has 0 saturated carbocycles. The van der Waals surface area contributed by atoms with Crippen molar-refractivity contribution < 1.29 is 4.79 Å². The molecule has 1 N–H and O–H groups in total. The zero-order chi connectivity index (χ0) is 19.2. The van der Waals surface area contributed by atoms with Crippen LogP contribution in [0.25, 0.3) is 11.4 Å². The molecule has 1 aromatic heterocycles. The van der Waals surface area contributed by atoms with E-state index < -0.39 is 0 Å². The van der Waals surface area contributed by atoms with Crippen molar-refractivity contribution >= 4 is 35.0 Å². The van der Waals surface area contributed by atoms with Crippen molar-refractivity contribution in [1.82, 2.24) is 14.8 Å². The van der Waals surface area contributed by atoms with Crippen LogP contribution in [-0.4, -0.2) is 26.4 Å². The number of hydrogen-bond donors (Lipinski definition) is 1. The fourth-order valence-corrected chi connectivity index (χ4v) is 3.64. The molecule has 0 atom stereocenters. The number of carbonyl (C=O) groups excluding carboxylic acids is 1. The van der Waals surface area contributed by atoms with Gasteiger partial charge in [-0.1, -0.05) is 66.2 Å². The van der Waals surface area contributed by atoms with E-state index in [-0.39, 0.29) is 11.7 Å². The number of benzene rings is 2. The van der Waals surface area contributed by atoms with Gasteiger partial charge in [0.2, 0.25) is 5.91 Å². The molecule has 5 nitrogen and oxygen atoms in total. The third-order valence-electron chi connectivity index (χ3n) is 3.92. The summed E-state index contributed by atoms with van der Waals surface area (Å²) in [7, 11) is 0. The van der Waals surface area contributed by atoms with Crippen LogP contribution in [0.15, 0.2) is 53.7 Å². The molecule has 0 fully saturated rings. The van der Waals surface area contributed by atoms with Gasteiger partial charge in [0.05, 0.1) is 16.5 Å². The molecular formula is C20H21ClN4OS. The van der Waals surface area contributed by atoms with Gasteiger partial charge in [-0.05, 0) is 31.5 Å². The Balaban J connectivity index is 1.73. The van der Waals surface area contributed by atoms with E-state index in [1.807, 2.05) is 24.3 Å². The molecule has 0 bridgehead atoms. The first kappa shape index (κ1) is 19.5. The Kier molecular flexibility index (Phi) is 6.53. The molecule has 0 spiro atoms. The maximum atomic E-state index is 12.3. The van der Waals surface area contributed by atoms with E-state index >= 15 is 0 Å². The van der Waals surface area contributed by atoms with Crippen molar-refractivity contribution in [3.05, 3.63) is 59.1 Å². The fraction of sp³-hybridized carbons (Fsp3) is 0.250. The second kappa shape index (κ2) is 9.06. The molecule has 0 unspecified atom stereocenters. The molecule has 3 rings (SSSR count). The van der Waals surface area contributed by atoms with Crippen LogP contribution in [-0.2, 0) is 11.3 Å². The highest BCUT2D eigenvalue weighted by molar-refractivity contribution is 7.99. The topological polar surface area (TPSA) is 59.8 Å². The third kappa shape index (κ3) is 4.90. The second-order valence-electron chi connectivity index (χ2n) is 6.14. The predicted molar refractivity (Wildman–Crippen MR) is 111 cm³/mol. The number of anilines is 1. The highest BCUT2D eigenvalue weighted by Crippen LogP contribution is 2.26. The van der Waals surface area contributed by atoms with Crippen molar-refractivity contribution in [3.8, 4) is 11.4 Å². The number of aromatic nitrogens is 3. The highest BCUT2D eigenvalue weighted by Gasteiger charge is 2.15. The minimum Gasteiger partial charge on any atom is -0.324 e. The lowest BCUT2D eigenvalue weighted by atomic mass is 10.1. The van der Waals surface area contributed by atoms with Gasteiger partial charge < -0.3 is 9.88 Å². The van der Waals surface area contributed by atoms with E-state index in [0.717, 1.165) is 29.5 Å². The Labute approximate surface area is 168 Å². The molecule has 1 amide bonds. The molecule has 0 saturated heterocycles. The van der Waals surface area contributed by atoms with E-state index in [1.54, 1.807) is 12.1 Å². The monoisotopic (exact) mass is 400 g/mol. The van der Waals surface area contributed by atoms with E-state index in [1.165, 1.54) is 17.3 Å². The van der Waals surface area contributed by atoms with Crippen LogP contribution in [0.3, 0.4) is 0 Å². The van der Waals surface area contributed by atoms with Crippen molar-refractivity contribution in [2.24, 2.45) is 0 Å². The largest absolute Gasteiger partial charge is 0.324 e. The van der Waals surface area contributed by atoms with Gasteiger partial charge in [0.15, 0.2) is 11.0 Å². The molecule has 3 aromatic rings. The van der Waals surface area contributed by atoms with Crippen LogP contribution in [0.2, 0.25) is 5.02 Å². The summed E-state index contributed by atoms with van der Waals surface area (Å²) in [5.41, 5.74) is 2.82. The van der Waals surface area contributed by atoms with Crippen LogP contribution in [0, 0.1) is 6.92 Å². The van der Waals surface area contributed by atoms with Crippen molar-refractivity contribution in [1.29, 1.82) is 0 Å². The smallest absolute Gasteiger partial charge is 0.234 e. The molecule has 7 heteroatoms. The van der Waals surface area contributed by atoms with Crippen molar-refractivity contribution in [3.63, 3.8) is 0 Å². The lowest BCUT2D eigenvalue weighted by Gasteiger charge is -2.10. The SMILES string of the molecule is CCCn1c(SCC(=O)Nc2ccccc2Cl)nnc1-c1cccc(C)c1. The van der Waals surface area contributed by atoms with E-state index in [0.29, 0.717) is 10.7 Å². The first-order valence-corrected chi connectivity index (χ1v) is 10.1. The summed E-state index contributed by atoms with van der Waals surface area (Å²) in [6.45, 7) is 4.96. The molecule has 27 heavy (non-hydrogen) atoms. The lowest BCUT2D eigenvalue weighted by molar-refractivity contribution is -0.113. The average Bonchev–Trinajstić information content (AvgIpc) is 3.05. The number of hydrogen-bond acceptors (Lipinski definition) is 4. The maximum absolute atomic E-state index is 12.3. The number of aryl methyl sites for hydroxylation is 1. The zero-order valence-corrected chi connectivity index (χ0v) is 16.8.